The first kappa shape index (κ1) is 17.2. The third-order valence-corrected chi connectivity index (χ3v) is 4.45. The van der Waals surface area contributed by atoms with Crippen LogP contribution in [0.1, 0.15) is 18.9 Å². The van der Waals surface area contributed by atoms with Crippen molar-refractivity contribution in [2.75, 3.05) is 4.90 Å². The Morgan fingerprint density at radius 3 is 2.52 bits per heavy atom. The van der Waals surface area contributed by atoms with Crippen LogP contribution in [0, 0.1) is 0 Å². The molecule has 0 aliphatic heterocycles. The van der Waals surface area contributed by atoms with Crippen LogP contribution < -0.4 is 9.64 Å². The minimum atomic E-state index is 0.00739. The highest BCUT2D eigenvalue weighted by atomic mass is 32.1. The summed E-state index contributed by atoms with van der Waals surface area (Å²) in [6.45, 7) is 4.00. The van der Waals surface area contributed by atoms with Gasteiger partial charge in [0.25, 0.3) is 0 Å². The molecule has 0 aliphatic carbocycles. The summed E-state index contributed by atoms with van der Waals surface area (Å²) in [7, 11) is 0. The van der Waals surface area contributed by atoms with Crippen LogP contribution in [0.3, 0.4) is 0 Å². The summed E-state index contributed by atoms with van der Waals surface area (Å²) in [4.78, 5) is 18.9. The highest BCUT2D eigenvalue weighted by molar-refractivity contribution is 7.09. The van der Waals surface area contributed by atoms with Crippen molar-refractivity contribution >= 4 is 22.9 Å². The second-order valence-electron chi connectivity index (χ2n) is 5.84. The lowest BCUT2D eigenvalue weighted by molar-refractivity contribution is -0.118. The van der Waals surface area contributed by atoms with E-state index in [9.17, 15) is 4.79 Å². The minimum absolute atomic E-state index is 0.00739. The highest BCUT2D eigenvalue weighted by Crippen LogP contribution is 2.33. The van der Waals surface area contributed by atoms with Crippen molar-refractivity contribution in [3.05, 3.63) is 71.2 Å². The zero-order chi connectivity index (χ0) is 17.6. The summed E-state index contributed by atoms with van der Waals surface area (Å²) in [5, 5.41) is 2.70. The molecule has 0 N–H and O–H groups in total. The predicted molar refractivity (Wildman–Crippen MR) is 101 cm³/mol. The van der Waals surface area contributed by atoms with Crippen LogP contribution in [-0.4, -0.2) is 16.9 Å². The standard InChI is InChI=1S/C20H20N2O2S/c1-15(2)22(20(23)14-19-21-12-13-25-19)17-10-6-7-11-18(17)24-16-8-4-3-5-9-16/h3-13,15H,14H2,1-2H3. The number of ether oxygens (including phenoxy) is 1. The van der Waals surface area contributed by atoms with Crippen LogP contribution in [-0.2, 0) is 11.2 Å². The topological polar surface area (TPSA) is 42.4 Å². The molecule has 0 aliphatic rings. The number of amides is 1. The molecule has 0 fully saturated rings. The number of nitrogens with zero attached hydrogens (tertiary/aromatic N) is 2. The van der Waals surface area contributed by atoms with Gasteiger partial charge in [-0.2, -0.15) is 0 Å². The van der Waals surface area contributed by atoms with E-state index in [2.05, 4.69) is 4.98 Å². The third kappa shape index (κ3) is 4.25. The molecule has 0 unspecified atom stereocenters. The number of para-hydroxylation sites is 3. The van der Waals surface area contributed by atoms with Gasteiger partial charge in [0, 0.05) is 17.6 Å². The highest BCUT2D eigenvalue weighted by Gasteiger charge is 2.23. The molecule has 0 atom stereocenters. The van der Waals surface area contributed by atoms with Gasteiger partial charge in [-0.3, -0.25) is 4.79 Å². The molecule has 5 heteroatoms. The molecule has 3 aromatic rings. The second-order valence-corrected chi connectivity index (χ2v) is 6.82. The van der Waals surface area contributed by atoms with Crippen LogP contribution in [0.4, 0.5) is 5.69 Å². The van der Waals surface area contributed by atoms with Crippen molar-refractivity contribution in [1.29, 1.82) is 0 Å². The Labute approximate surface area is 151 Å². The van der Waals surface area contributed by atoms with Gasteiger partial charge in [0.1, 0.15) is 10.8 Å². The molecule has 4 nitrogen and oxygen atoms in total. The van der Waals surface area contributed by atoms with Crippen molar-refractivity contribution < 1.29 is 9.53 Å². The van der Waals surface area contributed by atoms with E-state index in [1.54, 1.807) is 11.1 Å². The quantitative estimate of drug-likeness (QED) is 0.632. The molecule has 2 aromatic carbocycles. The van der Waals surface area contributed by atoms with E-state index in [1.807, 2.05) is 73.8 Å². The molecule has 128 valence electrons. The van der Waals surface area contributed by atoms with E-state index < -0.39 is 0 Å². The van der Waals surface area contributed by atoms with Gasteiger partial charge in [0.05, 0.1) is 12.1 Å². The van der Waals surface area contributed by atoms with Crippen LogP contribution in [0.15, 0.2) is 66.2 Å². The summed E-state index contributed by atoms with van der Waals surface area (Å²) in [6, 6.07) is 17.2. The summed E-state index contributed by atoms with van der Waals surface area (Å²) < 4.78 is 6.02. The SMILES string of the molecule is CC(C)N(C(=O)Cc1nccs1)c1ccccc1Oc1ccccc1. The lowest BCUT2D eigenvalue weighted by Gasteiger charge is -2.28. The largest absolute Gasteiger partial charge is 0.455 e. The molecule has 3 rings (SSSR count). The Kier molecular flexibility index (Phi) is 5.46. The monoisotopic (exact) mass is 352 g/mol. The van der Waals surface area contributed by atoms with E-state index in [0.717, 1.165) is 16.4 Å². The molecule has 1 amide bonds. The Bertz CT molecular complexity index is 817. The first-order valence-corrected chi connectivity index (χ1v) is 9.05. The molecule has 1 heterocycles. The fraction of sp³-hybridized carbons (Fsp3) is 0.200. The van der Waals surface area contributed by atoms with Gasteiger partial charge < -0.3 is 9.64 Å². The van der Waals surface area contributed by atoms with Gasteiger partial charge in [-0.05, 0) is 38.1 Å². The third-order valence-electron chi connectivity index (χ3n) is 3.67. The molecule has 0 saturated heterocycles. The van der Waals surface area contributed by atoms with Crippen LogP contribution >= 0.6 is 11.3 Å². The average molecular weight is 352 g/mol. The summed E-state index contributed by atoms with van der Waals surface area (Å²) in [6.07, 6.45) is 2.01. The Morgan fingerprint density at radius 1 is 1.12 bits per heavy atom. The maximum absolute atomic E-state index is 12.9. The summed E-state index contributed by atoms with van der Waals surface area (Å²) >= 11 is 1.49. The first-order valence-electron chi connectivity index (χ1n) is 8.17. The van der Waals surface area contributed by atoms with Gasteiger partial charge in [0.15, 0.2) is 5.75 Å². The van der Waals surface area contributed by atoms with Crippen molar-refractivity contribution in [3.8, 4) is 11.5 Å². The van der Waals surface area contributed by atoms with Crippen LogP contribution in [0.5, 0.6) is 11.5 Å². The fourth-order valence-electron chi connectivity index (χ4n) is 2.61. The van der Waals surface area contributed by atoms with Gasteiger partial charge in [-0.1, -0.05) is 30.3 Å². The van der Waals surface area contributed by atoms with Crippen molar-refractivity contribution in [3.63, 3.8) is 0 Å². The first-order chi connectivity index (χ1) is 12.1. The average Bonchev–Trinajstić information content (AvgIpc) is 3.10. The Hall–Kier alpha value is -2.66. The van der Waals surface area contributed by atoms with Crippen LogP contribution in [0.2, 0.25) is 0 Å². The van der Waals surface area contributed by atoms with Gasteiger partial charge in [-0.25, -0.2) is 4.98 Å². The van der Waals surface area contributed by atoms with E-state index in [1.165, 1.54) is 11.3 Å². The molecule has 0 spiro atoms. The van der Waals surface area contributed by atoms with E-state index in [-0.39, 0.29) is 18.4 Å². The van der Waals surface area contributed by atoms with Crippen molar-refractivity contribution in [2.24, 2.45) is 0 Å². The molecular weight excluding hydrogens is 332 g/mol. The number of anilines is 1. The lowest BCUT2D eigenvalue weighted by atomic mass is 10.2. The molecule has 0 radical (unpaired) electrons. The molecule has 0 saturated carbocycles. The normalized spacial score (nSPS) is 10.7. The second kappa shape index (κ2) is 7.94. The van der Waals surface area contributed by atoms with Crippen molar-refractivity contribution in [2.45, 2.75) is 26.3 Å². The number of benzene rings is 2. The smallest absolute Gasteiger partial charge is 0.234 e. The number of rotatable bonds is 6. The molecular formula is C20H20N2O2S. The predicted octanol–water partition coefficient (Wildman–Crippen LogP) is 4.92. The number of carbonyl (C=O) groups is 1. The number of aromatic nitrogens is 1. The number of hydrogen-bond acceptors (Lipinski definition) is 4. The maximum atomic E-state index is 12.9. The lowest BCUT2D eigenvalue weighted by Crippen LogP contribution is -2.38. The minimum Gasteiger partial charge on any atom is -0.455 e. The van der Waals surface area contributed by atoms with E-state index in [4.69, 9.17) is 4.74 Å². The maximum Gasteiger partial charge on any atom is 0.234 e. The molecule has 25 heavy (non-hydrogen) atoms. The molecule has 1 aromatic heterocycles. The van der Waals surface area contributed by atoms with E-state index in [0.29, 0.717) is 5.75 Å². The van der Waals surface area contributed by atoms with Crippen LogP contribution in [0.25, 0.3) is 0 Å². The zero-order valence-electron chi connectivity index (χ0n) is 14.3. The fourth-order valence-corrected chi connectivity index (χ4v) is 3.22. The number of carbonyl (C=O) groups excluding carboxylic acids is 1. The summed E-state index contributed by atoms with van der Waals surface area (Å²) in [5.74, 6) is 1.41. The number of hydrogen-bond donors (Lipinski definition) is 0. The zero-order valence-corrected chi connectivity index (χ0v) is 15.1. The van der Waals surface area contributed by atoms with E-state index >= 15 is 0 Å². The van der Waals surface area contributed by atoms with Gasteiger partial charge in [-0.15, -0.1) is 11.3 Å². The number of thiazole rings is 1. The molecule has 0 bridgehead atoms. The van der Waals surface area contributed by atoms with Crippen molar-refractivity contribution in [1.82, 2.24) is 4.98 Å². The van der Waals surface area contributed by atoms with Gasteiger partial charge in [0.2, 0.25) is 5.91 Å². The summed E-state index contributed by atoms with van der Waals surface area (Å²) in [5.41, 5.74) is 0.767. The van der Waals surface area contributed by atoms with Gasteiger partial charge >= 0.3 is 0 Å². The Balaban J connectivity index is 1.90. The Morgan fingerprint density at radius 2 is 1.84 bits per heavy atom.